The van der Waals surface area contributed by atoms with Crippen LogP contribution in [0.25, 0.3) is 0 Å². The van der Waals surface area contributed by atoms with E-state index in [2.05, 4.69) is 27.3 Å². The molecule has 0 aliphatic rings. The standard InChI is InChI=1S/C3H4BrNO3/c1-2-3(4)8-5(6)7/h2-3H,1H2. The van der Waals surface area contributed by atoms with Gasteiger partial charge < -0.3 is 0 Å². The van der Waals surface area contributed by atoms with Gasteiger partial charge in [0.05, 0.1) is 0 Å². The molecule has 0 spiro atoms. The van der Waals surface area contributed by atoms with E-state index in [0.717, 1.165) is 0 Å². The molecule has 5 heteroatoms. The SMILES string of the molecule is C=CC(Br)O[N+](=O)[O-]. The highest BCUT2D eigenvalue weighted by Crippen LogP contribution is 2.00. The second kappa shape index (κ2) is 3.43. The fraction of sp³-hybridized carbons (Fsp3) is 0.333. The molecular formula is C3H4BrNO3. The lowest BCUT2D eigenvalue weighted by molar-refractivity contribution is -0.758. The summed E-state index contributed by atoms with van der Waals surface area (Å²) in [6.45, 7) is 3.24. The molecule has 0 fully saturated rings. The van der Waals surface area contributed by atoms with E-state index in [9.17, 15) is 10.1 Å². The van der Waals surface area contributed by atoms with Gasteiger partial charge in [-0.3, -0.25) is 4.84 Å². The first-order chi connectivity index (χ1) is 3.66. The second-order valence-corrected chi connectivity index (χ2v) is 1.82. The van der Waals surface area contributed by atoms with Crippen molar-refractivity contribution in [2.24, 2.45) is 0 Å². The molecule has 1 unspecified atom stereocenters. The summed E-state index contributed by atoms with van der Waals surface area (Å²) in [4.78, 5) is 13.4. The first-order valence-corrected chi connectivity index (χ1v) is 2.66. The minimum atomic E-state index is -0.888. The van der Waals surface area contributed by atoms with E-state index in [0.29, 0.717) is 0 Å². The van der Waals surface area contributed by atoms with Crippen molar-refractivity contribution in [1.29, 1.82) is 0 Å². The minimum absolute atomic E-state index is 0.697. The van der Waals surface area contributed by atoms with E-state index in [1.54, 1.807) is 0 Å². The van der Waals surface area contributed by atoms with Crippen molar-refractivity contribution in [3.63, 3.8) is 0 Å². The third kappa shape index (κ3) is 3.60. The molecule has 46 valence electrons. The van der Waals surface area contributed by atoms with Gasteiger partial charge in [-0.15, -0.1) is 16.7 Å². The Hall–Kier alpha value is -0.580. The molecule has 0 rings (SSSR count). The van der Waals surface area contributed by atoms with Crippen molar-refractivity contribution < 1.29 is 9.92 Å². The summed E-state index contributed by atoms with van der Waals surface area (Å²) < 4.78 is 0. The first-order valence-electron chi connectivity index (χ1n) is 1.74. The van der Waals surface area contributed by atoms with Gasteiger partial charge in [-0.05, 0) is 0 Å². The zero-order valence-corrected chi connectivity index (χ0v) is 5.50. The van der Waals surface area contributed by atoms with Gasteiger partial charge in [0, 0.05) is 0 Å². The van der Waals surface area contributed by atoms with Gasteiger partial charge in [0.1, 0.15) is 0 Å². The highest BCUT2D eigenvalue weighted by molar-refractivity contribution is 9.09. The molecule has 1 atom stereocenters. The molecule has 0 saturated heterocycles. The van der Waals surface area contributed by atoms with Crippen molar-refractivity contribution in [2.75, 3.05) is 0 Å². The van der Waals surface area contributed by atoms with Gasteiger partial charge in [0.25, 0.3) is 5.09 Å². The lowest BCUT2D eigenvalue weighted by Crippen LogP contribution is -2.06. The Bertz CT molecular complexity index is 105. The van der Waals surface area contributed by atoms with Crippen molar-refractivity contribution in [3.05, 3.63) is 22.8 Å². The number of alkyl halides is 1. The summed E-state index contributed by atoms with van der Waals surface area (Å²) >= 11 is 2.80. The lowest BCUT2D eigenvalue weighted by Gasteiger charge is -1.97. The van der Waals surface area contributed by atoms with Crippen LogP contribution in [0.4, 0.5) is 0 Å². The van der Waals surface area contributed by atoms with E-state index >= 15 is 0 Å². The summed E-state index contributed by atoms with van der Waals surface area (Å²) in [6, 6.07) is 0. The quantitative estimate of drug-likeness (QED) is 0.284. The topological polar surface area (TPSA) is 52.4 Å². The second-order valence-electron chi connectivity index (χ2n) is 0.916. The fourth-order valence-electron chi connectivity index (χ4n) is 0.125. The lowest BCUT2D eigenvalue weighted by atomic mass is 10.7. The van der Waals surface area contributed by atoms with E-state index in [1.165, 1.54) is 6.08 Å². The van der Waals surface area contributed by atoms with Crippen molar-refractivity contribution in [1.82, 2.24) is 0 Å². The minimum Gasteiger partial charge on any atom is -0.295 e. The van der Waals surface area contributed by atoms with E-state index in [1.807, 2.05) is 0 Å². The molecule has 0 aromatic heterocycles. The predicted octanol–water partition coefficient (Wildman–Crippen LogP) is 1.10. The van der Waals surface area contributed by atoms with Gasteiger partial charge in [-0.25, -0.2) is 0 Å². The van der Waals surface area contributed by atoms with E-state index < -0.39 is 10.1 Å². The van der Waals surface area contributed by atoms with E-state index in [4.69, 9.17) is 0 Å². The molecule has 0 saturated carbocycles. The third-order valence-corrected chi connectivity index (χ3v) is 0.913. The number of rotatable bonds is 3. The van der Waals surface area contributed by atoms with Gasteiger partial charge in [0.2, 0.25) is 0 Å². The Morgan fingerprint density at radius 2 is 2.50 bits per heavy atom. The summed E-state index contributed by atoms with van der Waals surface area (Å²) in [6.07, 6.45) is 1.27. The van der Waals surface area contributed by atoms with Crippen LogP contribution in [-0.2, 0) is 4.84 Å². The molecule has 0 aromatic carbocycles. The maximum absolute atomic E-state index is 9.47. The fourth-order valence-corrected chi connectivity index (χ4v) is 0.262. The predicted molar refractivity (Wildman–Crippen MR) is 31.0 cm³/mol. The Balaban J connectivity index is 3.38. The van der Waals surface area contributed by atoms with Crippen LogP contribution in [0.5, 0.6) is 0 Å². The van der Waals surface area contributed by atoms with Gasteiger partial charge in [-0.1, -0.05) is 22.0 Å². The summed E-state index contributed by atoms with van der Waals surface area (Å²) in [5, 5.41) is 7.89. The maximum Gasteiger partial charge on any atom is 0.295 e. The summed E-state index contributed by atoms with van der Waals surface area (Å²) in [5.74, 6) is 0. The van der Waals surface area contributed by atoms with Crippen LogP contribution in [0.1, 0.15) is 0 Å². The normalized spacial score (nSPS) is 12.1. The summed E-state index contributed by atoms with van der Waals surface area (Å²) in [7, 11) is 0. The van der Waals surface area contributed by atoms with E-state index in [-0.39, 0.29) is 0 Å². The molecule has 4 nitrogen and oxygen atoms in total. The van der Waals surface area contributed by atoms with Crippen LogP contribution in [-0.4, -0.2) is 10.1 Å². The van der Waals surface area contributed by atoms with Gasteiger partial charge in [0.15, 0.2) is 5.01 Å². The molecule has 0 heterocycles. The molecule has 0 radical (unpaired) electrons. The molecule has 0 bridgehead atoms. The molecule has 0 aliphatic heterocycles. The molecule has 0 amide bonds. The number of halogens is 1. The van der Waals surface area contributed by atoms with Crippen LogP contribution in [0.2, 0.25) is 0 Å². The van der Waals surface area contributed by atoms with Crippen molar-refractivity contribution in [2.45, 2.75) is 5.01 Å². The largest absolute Gasteiger partial charge is 0.295 e. The molecular weight excluding hydrogens is 178 g/mol. The van der Waals surface area contributed by atoms with Crippen LogP contribution in [0, 0.1) is 10.1 Å². The third-order valence-electron chi connectivity index (χ3n) is 0.372. The molecule has 0 aliphatic carbocycles. The number of hydrogen-bond acceptors (Lipinski definition) is 3. The van der Waals surface area contributed by atoms with Crippen LogP contribution < -0.4 is 0 Å². The first kappa shape index (κ1) is 7.42. The average Bonchev–Trinajstić information content (AvgIpc) is 1.65. The van der Waals surface area contributed by atoms with Crippen molar-refractivity contribution in [3.8, 4) is 0 Å². The zero-order valence-electron chi connectivity index (χ0n) is 3.91. The van der Waals surface area contributed by atoms with Crippen LogP contribution in [0.3, 0.4) is 0 Å². The number of hydrogen-bond donors (Lipinski definition) is 0. The average molecular weight is 182 g/mol. The van der Waals surface area contributed by atoms with Gasteiger partial charge >= 0.3 is 0 Å². The smallest absolute Gasteiger partial charge is 0.295 e. The monoisotopic (exact) mass is 181 g/mol. The molecule has 0 aromatic rings. The molecule has 8 heavy (non-hydrogen) atoms. The maximum atomic E-state index is 9.47. The zero-order chi connectivity index (χ0) is 6.57. The Morgan fingerprint density at radius 3 is 2.62 bits per heavy atom. The van der Waals surface area contributed by atoms with Crippen LogP contribution >= 0.6 is 15.9 Å². The Labute approximate surface area is 54.4 Å². The highest BCUT2D eigenvalue weighted by Gasteiger charge is 2.00. The Morgan fingerprint density at radius 1 is 2.00 bits per heavy atom. The Kier molecular flexibility index (Phi) is 3.18. The van der Waals surface area contributed by atoms with Crippen molar-refractivity contribution >= 4 is 15.9 Å². The van der Waals surface area contributed by atoms with Gasteiger partial charge in [-0.2, -0.15) is 0 Å². The number of nitrogens with zero attached hydrogens (tertiary/aromatic N) is 1. The highest BCUT2D eigenvalue weighted by atomic mass is 79.9. The van der Waals surface area contributed by atoms with Crippen LogP contribution in [0.15, 0.2) is 12.7 Å². The molecule has 0 N–H and O–H groups in total. The summed E-state index contributed by atoms with van der Waals surface area (Å²) in [5.41, 5.74) is 0.